The Morgan fingerprint density at radius 2 is 2.16 bits per heavy atom. The van der Waals surface area contributed by atoms with E-state index in [9.17, 15) is 4.79 Å². The SMILES string of the molecule is CC.COC1=Cc2[nH]c(-c3csc(NC(C)C)n3)cc(=O)c2C=CC1.[HH]. The first kappa shape index (κ1) is 19.0. The van der Waals surface area contributed by atoms with Gasteiger partial charge in [-0.1, -0.05) is 26.0 Å². The molecule has 3 rings (SSSR count). The summed E-state index contributed by atoms with van der Waals surface area (Å²) in [6.07, 6.45) is 6.32. The number of anilines is 1. The summed E-state index contributed by atoms with van der Waals surface area (Å²) in [6.45, 7) is 8.13. The summed E-state index contributed by atoms with van der Waals surface area (Å²) in [5, 5.41) is 6.06. The molecule has 2 N–H and O–H groups in total. The van der Waals surface area contributed by atoms with Gasteiger partial charge in [-0.2, -0.15) is 0 Å². The number of methoxy groups -OCH3 is 1. The van der Waals surface area contributed by atoms with E-state index in [1.165, 1.54) is 11.3 Å². The van der Waals surface area contributed by atoms with Crippen LogP contribution in [-0.2, 0) is 4.74 Å². The Kier molecular flexibility index (Phi) is 6.58. The number of H-pyrrole nitrogens is 1. The summed E-state index contributed by atoms with van der Waals surface area (Å²) >= 11 is 1.53. The first-order valence-electron chi connectivity index (χ1n) is 8.47. The van der Waals surface area contributed by atoms with Gasteiger partial charge in [0, 0.05) is 37.0 Å². The maximum absolute atomic E-state index is 12.4. The smallest absolute Gasteiger partial charge is 0.190 e. The molecule has 1 aliphatic carbocycles. The van der Waals surface area contributed by atoms with Crippen molar-refractivity contribution in [2.24, 2.45) is 0 Å². The van der Waals surface area contributed by atoms with E-state index in [1.54, 1.807) is 13.2 Å². The monoisotopic (exact) mass is 361 g/mol. The van der Waals surface area contributed by atoms with Crippen molar-refractivity contribution in [1.29, 1.82) is 0 Å². The third kappa shape index (κ3) is 4.60. The fraction of sp³-hybridized carbons (Fsp3) is 0.368. The van der Waals surface area contributed by atoms with Gasteiger partial charge < -0.3 is 15.0 Å². The van der Waals surface area contributed by atoms with Crippen LogP contribution in [0.5, 0.6) is 0 Å². The molecule has 0 radical (unpaired) electrons. The van der Waals surface area contributed by atoms with Gasteiger partial charge in [0.05, 0.1) is 24.2 Å². The average Bonchev–Trinajstić information content (AvgIpc) is 2.94. The molecule has 2 aromatic rings. The lowest BCUT2D eigenvalue weighted by Gasteiger charge is -2.06. The zero-order valence-corrected chi connectivity index (χ0v) is 16.2. The van der Waals surface area contributed by atoms with E-state index in [0.29, 0.717) is 23.7 Å². The molecule has 0 atom stereocenters. The van der Waals surface area contributed by atoms with Gasteiger partial charge in [-0.25, -0.2) is 4.98 Å². The second-order valence-corrected chi connectivity index (χ2v) is 6.49. The fourth-order valence-corrected chi connectivity index (χ4v) is 3.24. The number of nitrogens with zero attached hydrogens (tertiary/aromatic N) is 1. The highest BCUT2D eigenvalue weighted by molar-refractivity contribution is 7.14. The number of nitrogens with one attached hydrogen (secondary N) is 2. The lowest BCUT2D eigenvalue weighted by Crippen LogP contribution is -2.10. The second kappa shape index (κ2) is 8.67. The molecule has 0 bridgehead atoms. The molecule has 0 aromatic carbocycles. The molecule has 6 heteroatoms. The van der Waals surface area contributed by atoms with E-state index in [0.717, 1.165) is 22.3 Å². The molecule has 2 heterocycles. The van der Waals surface area contributed by atoms with E-state index in [2.05, 4.69) is 29.1 Å². The van der Waals surface area contributed by atoms with Crippen LogP contribution in [0.3, 0.4) is 0 Å². The normalized spacial score (nSPS) is 12.6. The predicted octanol–water partition coefficient (Wildman–Crippen LogP) is 5.00. The highest BCUT2D eigenvalue weighted by Crippen LogP contribution is 2.25. The first-order valence-corrected chi connectivity index (χ1v) is 9.35. The molecule has 0 saturated carbocycles. The standard InChI is InChI=1S/C17H19N3O2S.C2H6.H2/c1-10(2)18-17-20-15(9-23-17)14-8-16(21)12-6-4-5-11(22-3)7-13(12)19-14;1-2;/h4,6-10H,5H2,1-3H3,(H,18,20)(H,19,21);1-2H3;1H. The molecule has 1 aliphatic rings. The maximum atomic E-state index is 12.4. The number of rotatable bonds is 4. The van der Waals surface area contributed by atoms with Gasteiger partial charge in [-0.15, -0.1) is 11.3 Å². The van der Waals surface area contributed by atoms with Crippen LogP contribution in [0.15, 0.2) is 28.1 Å². The van der Waals surface area contributed by atoms with Crippen LogP contribution in [0.1, 0.15) is 46.8 Å². The van der Waals surface area contributed by atoms with Crippen LogP contribution in [0, 0.1) is 0 Å². The number of ether oxygens (including phenoxy) is 1. The second-order valence-electron chi connectivity index (χ2n) is 5.63. The Balaban J connectivity index is 0.00000109. The fourth-order valence-electron chi connectivity index (χ4n) is 2.38. The van der Waals surface area contributed by atoms with Crippen molar-refractivity contribution < 1.29 is 6.16 Å². The first-order chi connectivity index (χ1) is 12.1. The summed E-state index contributed by atoms with van der Waals surface area (Å²) in [5.41, 5.74) is 2.86. The summed E-state index contributed by atoms with van der Waals surface area (Å²) in [4.78, 5) is 20.3. The van der Waals surface area contributed by atoms with Crippen LogP contribution in [0.2, 0.25) is 0 Å². The van der Waals surface area contributed by atoms with Gasteiger partial charge in [0.2, 0.25) is 0 Å². The number of hydrogen-bond donors (Lipinski definition) is 2. The van der Waals surface area contributed by atoms with Gasteiger partial charge in [0.15, 0.2) is 10.6 Å². The quantitative estimate of drug-likeness (QED) is 0.804. The predicted molar refractivity (Wildman–Crippen MR) is 109 cm³/mol. The Morgan fingerprint density at radius 1 is 1.40 bits per heavy atom. The molecule has 0 amide bonds. The third-order valence-electron chi connectivity index (χ3n) is 3.46. The molecule has 2 aromatic heterocycles. The summed E-state index contributed by atoms with van der Waals surface area (Å²) in [6, 6.07) is 1.92. The third-order valence-corrected chi connectivity index (χ3v) is 4.24. The number of thiazole rings is 1. The Hall–Kier alpha value is -2.34. The average molecular weight is 362 g/mol. The number of allylic oxidation sites excluding steroid dienone is 1. The van der Waals surface area contributed by atoms with Crippen molar-refractivity contribution in [2.45, 2.75) is 40.2 Å². The van der Waals surface area contributed by atoms with Crippen LogP contribution in [0.25, 0.3) is 23.5 Å². The number of aromatic amines is 1. The van der Waals surface area contributed by atoms with Gasteiger partial charge in [-0.3, -0.25) is 4.79 Å². The number of aromatic nitrogens is 2. The molecule has 136 valence electrons. The van der Waals surface area contributed by atoms with Crippen molar-refractivity contribution >= 4 is 28.6 Å². The minimum absolute atomic E-state index is 0. The molecule has 25 heavy (non-hydrogen) atoms. The van der Waals surface area contributed by atoms with Gasteiger partial charge in [0.1, 0.15) is 5.76 Å². The van der Waals surface area contributed by atoms with Crippen LogP contribution >= 0.6 is 11.3 Å². The van der Waals surface area contributed by atoms with Crippen LogP contribution in [0.4, 0.5) is 5.13 Å². The highest BCUT2D eigenvalue weighted by Gasteiger charge is 2.13. The van der Waals surface area contributed by atoms with Gasteiger partial charge >= 0.3 is 0 Å². The van der Waals surface area contributed by atoms with Gasteiger partial charge in [-0.05, 0) is 13.8 Å². The molecule has 0 unspecified atom stereocenters. The van der Waals surface area contributed by atoms with Crippen molar-refractivity contribution in [3.8, 4) is 11.4 Å². The minimum Gasteiger partial charge on any atom is -0.501 e. The van der Waals surface area contributed by atoms with Crippen molar-refractivity contribution in [3.63, 3.8) is 0 Å². The van der Waals surface area contributed by atoms with Crippen LogP contribution < -0.4 is 10.7 Å². The van der Waals surface area contributed by atoms with E-state index >= 15 is 0 Å². The number of pyridine rings is 1. The maximum Gasteiger partial charge on any atom is 0.190 e. The van der Waals surface area contributed by atoms with Crippen molar-refractivity contribution in [3.05, 3.63) is 44.8 Å². The Labute approximate surface area is 154 Å². The molecule has 0 saturated heterocycles. The van der Waals surface area contributed by atoms with Gasteiger partial charge in [0.25, 0.3) is 0 Å². The largest absolute Gasteiger partial charge is 0.501 e. The molecule has 0 aliphatic heterocycles. The van der Waals surface area contributed by atoms with Crippen LogP contribution in [-0.4, -0.2) is 23.1 Å². The summed E-state index contributed by atoms with van der Waals surface area (Å²) in [7, 11) is 1.64. The van der Waals surface area contributed by atoms with Crippen molar-refractivity contribution in [2.75, 3.05) is 12.4 Å². The van der Waals surface area contributed by atoms with Crippen molar-refractivity contribution in [1.82, 2.24) is 9.97 Å². The van der Waals surface area contributed by atoms with E-state index in [4.69, 9.17) is 4.74 Å². The molecular weight excluding hydrogens is 334 g/mol. The minimum atomic E-state index is -0.0232. The van der Waals surface area contributed by atoms with E-state index in [-0.39, 0.29) is 6.86 Å². The number of hydrogen-bond acceptors (Lipinski definition) is 5. The zero-order chi connectivity index (χ0) is 18.4. The molecule has 5 nitrogen and oxygen atoms in total. The molecule has 0 fully saturated rings. The Bertz CT molecular complexity index is 838. The lowest BCUT2D eigenvalue weighted by molar-refractivity contribution is 0.289. The topological polar surface area (TPSA) is 67.0 Å². The summed E-state index contributed by atoms with van der Waals surface area (Å²) in [5.74, 6) is 0.813. The summed E-state index contributed by atoms with van der Waals surface area (Å²) < 4.78 is 5.33. The van der Waals surface area contributed by atoms with E-state index in [1.807, 2.05) is 37.5 Å². The van der Waals surface area contributed by atoms with E-state index < -0.39 is 0 Å². The molecule has 0 spiro atoms. The molecular formula is C19H27N3O2S. The highest BCUT2D eigenvalue weighted by atomic mass is 32.1. The Morgan fingerprint density at radius 3 is 2.84 bits per heavy atom. The zero-order valence-electron chi connectivity index (χ0n) is 15.3. The lowest BCUT2D eigenvalue weighted by atomic mass is 10.1. The number of fused-ring (bicyclic) bond motifs is 1.